The van der Waals surface area contributed by atoms with E-state index in [1.54, 1.807) is 0 Å². The van der Waals surface area contributed by atoms with Crippen LogP contribution in [-0.4, -0.2) is 16.7 Å². The second-order valence-corrected chi connectivity index (χ2v) is 4.97. The van der Waals surface area contributed by atoms with E-state index in [1.165, 1.54) is 38.5 Å². The Hall–Kier alpha value is -0.610. The molecule has 1 unspecified atom stereocenters. The van der Waals surface area contributed by atoms with Crippen LogP contribution in [0.4, 0.5) is 0 Å². The number of rotatable bonds is 2. The van der Waals surface area contributed by atoms with Crippen molar-refractivity contribution in [3.05, 3.63) is 11.7 Å². The van der Waals surface area contributed by atoms with Gasteiger partial charge in [-0.25, -0.2) is 0 Å². The minimum Gasteiger partial charge on any atom is -0.338 e. The lowest BCUT2D eigenvalue weighted by Gasteiger charge is -2.17. The predicted octanol–water partition coefficient (Wildman–Crippen LogP) is 2.96. The lowest BCUT2D eigenvalue weighted by Crippen LogP contribution is -2.13. The number of nitrogens with one attached hydrogen (secondary N) is 1. The zero-order chi connectivity index (χ0) is 10.8. The van der Waals surface area contributed by atoms with Gasteiger partial charge in [0.25, 0.3) is 0 Å². The van der Waals surface area contributed by atoms with Gasteiger partial charge in [-0.05, 0) is 32.2 Å². The van der Waals surface area contributed by atoms with Gasteiger partial charge in [0.15, 0.2) is 5.82 Å². The summed E-state index contributed by atoms with van der Waals surface area (Å²) in [5.41, 5.74) is 0. The first-order valence-corrected chi connectivity index (χ1v) is 6.50. The van der Waals surface area contributed by atoms with Crippen molar-refractivity contribution in [1.82, 2.24) is 15.5 Å². The van der Waals surface area contributed by atoms with E-state index in [2.05, 4.69) is 15.5 Å². The molecule has 1 saturated heterocycles. The van der Waals surface area contributed by atoms with Gasteiger partial charge >= 0.3 is 0 Å². The molecule has 4 nitrogen and oxygen atoms in total. The molecule has 1 atom stereocenters. The summed E-state index contributed by atoms with van der Waals surface area (Å²) in [5.74, 6) is 2.30. The zero-order valence-electron chi connectivity index (χ0n) is 10.0. The van der Waals surface area contributed by atoms with Gasteiger partial charge in [0, 0.05) is 5.92 Å². The predicted molar refractivity (Wildman–Crippen MR) is 67.3 cm³/mol. The Balaban J connectivity index is 0.00000108. The van der Waals surface area contributed by atoms with Crippen molar-refractivity contribution in [2.45, 2.75) is 56.9 Å². The number of hydrogen-bond donors (Lipinski definition) is 1. The Bertz CT molecular complexity index is 343. The average molecular weight is 258 g/mol. The molecule has 17 heavy (non-hydrogen) atoms. The molecule has 1 aliphatic heterocycles. The van der Waals surface area contributed by atoms with Crippen molar-refractivity contribution in [2.24, 2.45) is 0 Å². The zero-order valence-corrected chi connectivity index (χ0v) is 10.8. The highest BCUT2D eigenvalue weighted by Crippen LogP contribution is 2.32. The van der Waals surface area contributed by atoms with E-state index in [0.29, 0.717) is 12.0 Å². The van der Waals surface area contributed by atoms with E-state index < -0.39 is 0 Å². The van der Waals surface area contributed by atoms with Gasteiger partial charge in [-0.2, -0.15) is 4.98 Å². The summed E-state index contributed by atoms with van der Waals surface area (Å²) in [6.07, 6.45) is 8.81. The van der Waals surface area contributed by atoms with Crippen LogP contribution in [0.15, 0.2) is 4.52 Å². The highest BCUT2D eigenvalue weighted by molar-refractivity contribution is 5.85. The molecular formula is C12H20ClN3O. The lowest BCUT2D eigenvalue weighted by molar-refractivity contribution is 0.333. The summed E-state index contributed by atoms with van der Waals surface area (Å²) in [6.45, 7) is 1.08. The van der Waals surface area contributed by atoms with Crippen molar-refractivity contribution in [3.63, 3.8) is 0 Å². The van der Waals surface area contributed by atoms with Gasteiger partial charge in [0.2, 0.25) is 5.89 Å². The smallest absolute Gasteiger partial charge is 0.243 e. The Morgan fingerprint density at radius 1 is 1.06 bits per heavy atom. The van der Waals surface area contributed by atoms with Crippen LogP contribution in [-0.2, 0) is 0 Å². The summed E-state index contributed by atoms with van der Waals surface area (Å²) in [6, 6.07) is 0.310. The first-order valence-electron chi connectivity index (χ1n) is 6.50. The number of aromatic nitrogens is 2. The third-order valence-electron chi connectivity index (χ3n) is 3.79. The molecule has 0 spiro atoms. The van der Waals surface area contributed by atoms with Crippen LogP contribution in [0.25, 0.3) is 0 Å². The summed E-state index contributed by atoms with van der Waals surface area (Å²) >= 11 is 0. The van der Waals surface area contributed by atoms with Gasteiger partial charge in [-0.1, -0.05) is 24.4 Å². The minimum atomic E-state index is 0. The molecule has 96 valence electrons. The summed E-state index contributed by atoms with van der Waals surface area (Å²) in [4.78, 5) is 4.58. The van der Waals surface area contributed by atoms with Crippen LogP contribution in [0.5, 0.6) is 0 Å². The standard InChI is InChI=1S/C12H19N3O.ClH/c1-2-5-9(6-3-1)11-14-12(16-15-11)10-7-4-8-13-10;/h9-10,13H,1-8H2;1H. The fourth-order valence-electron chi connectivity index (χ4n) is 2.81. The molecule has 1 aromatic heterocycles. The monoisotopic (exact) mass is 257 g/mol. The maximum atomic E-state index is 5.38. The van der Waals surface area contributed by atoms with Crippen LogP contribution < -0.4 is 5.32 Å². The van der Waals surface area contributed by atoms with Crippen LogP contribution in [0.3, 0.4) is 0 Å². The molecule has 2 fully saturated rings. The van der Waals surface area contributed by atoms with E-state index in [-0.39, 0.29) is 12.4 Å². The molecule has 1 aliphatic carbocycles. The fraction of sp³-hybridized carbons (Fsp3) is 0.833. The highest BCUT2D eigenvalue weighted by atomic mass is 35.5. The Morgan fingerprint density at radius 3 is 2.59 bits per heavy atom. The van der Waals surface area contributed by atoms with E-state index >= 15 is 0 Å². The number of nitrogens with zero attached hydrogens (tertiary/aromatic N) is 2. The largest absolute Gasteiger partial charge is 0.338 e. The van der Waals surface area contributed by atoms with Crippen LogP contribution in [0, 0.1) is 0 Å². The highest BCUT2D eigenvalue weighted by Gasteiger charge is 2.25. The molecule has 5 heteroatoms. The number of hydrogen-bond acceptors (Lipinski definition) is 4. The molecule has 2 heterocycles. The number of halogens is 1. The van der Waals surface area contributed by atoms with Gasteiger partial charge in [0.05, 0.1) is 6.04 Å². The van der Waals surface area contributed by atoms with Gasteiger partial charge in [-0.3, -0.25) is 0 Å². The fourth-order valence-corrected chi connectivity index (χ4v) is 2.81. The van der Waals surface area contributed by atoms with Crippen molar-refractivity contribution in [3.8, 4) is 0 Å². The molecule has 0 bridgehead atoms. The first-order chi connectivity index (χ1) is 7.93. The average Bonchev–Trinajstić information content (AvgIpc) is 3.01. The van der Waals surface area contributed by atoms with Crippen LogP contribution in [0.2, 0.25) is 0 Å². The molecule has 2 aliphatic rings. The summed E-state index contributed by atoms with van der Waals surface area (Å²) in [7, 11) is 0. The molecule has 0 amide bonds. The normalized spacial score (nSPS) is 25.8. The maximum absolute atomic E-state index is 5.38. The maximum Gasteiger partial charge on any atom is 0.243 e. The Labute approximate surface area is 108 Å². The Kier molecular flexibility index (Phi) is 4.40. The Morgan fingerprint density at radius 2 is 1.88 bits per heavy atom. The summed E-state index contributed by atoms with van der Waals surface area (Å²) in [5, 5.41) is 7.55. The van der Waals surface area contributed by atoms with Crippen LogP contribution in [0.1, 0.15) is 68.6 Å². The molecular weight excluding hydrogens is 238 g/mol. The second-order valence-electron chi connectivity index (χ2n) is 4.97. The molecule has 1 saturated carbocycles. The molecule has 1 N–H and O–H groups in total. The first kappa shape index (κ1) is 12.8. The van der Waals surface area contributed by atoms with Crippen molar-refractivity contribution < 1.29 is 4.52 Å². The van der Waals surface area contributed by atoms with E-state index in [4.69, 9.17) is 4.52 Å². The SMILES string of the molecule is C1CCC(c2noc(C3CCCN3)n2)CC1.Cl. The second kappa shape index (κ2) is 5.83. The third-order valence-corrected chi connectivity index (χ3v) is 3.79. The van der Waals surface area contributed by atoms with Crippen molar-refractivity contribution in [1.29, 1.82) is 0 Å². The van der Waals surface area contributed by atoms with Gasteiger partial charge in [-0.15, -0.1) is 12.4 Å². The van der Waals surface area contributed by atoms with E-state index in [0.717, 1.165) is 24.7 Å². The topological polar surface area (TPSA) is 51.0 Å². The van der Waals surface area contributed by atoms with Gasteiger partial charge < -0.3 is 9.84 Å². The van der Waals surface area contributed by atoms with Crippen LogP contribution >= 0.6 is 12.4 Å². The third kappa shape index (κ3) is 2.80. The molecule has 1 aromatic rings. The van der Waals surface area contributed by atoms with Crippen molar-refractivity contribution >= 4 is 12.4 Å². The molecule has 3 rings (SSSR count). The van der Waals surface area contributed by atoms with E-state index in [1.807, 2.05) is 0 Å². The summed E-state index contributed by atoms with van der Waals surface area (Å²) < 4.78 is 5.38. The van der Waals surface area contributed by atoms with Crippen molar-refractivity contribution in [2.75, 3.05) is 6.54 Å². The molecule has 0 radical (unpaired) electrons. The quantitative estimate of drug-likeness (QED) is 0.885. The molecule has 0 aromatic carbocycles. The van der Waals surface area contributed by atoms with Gasteiger partial charge in [0.1, 0.15) is 0 Å². The lowest BCUT2D eigenvalue weighted by atomic mass is 9.89. The van der Waals surface area contributed by atoms with E-state index in [9.17, 15) is 0 Å². The minimum absolute atomic E-state index is 0.